The van der Waals surface area contributed by atoms with E-state index in [0.29, 0.717) is 40.0 Å². The van der Waals surface area contributed by atoms with Gasteiger partial charge in [0, 0.05) is 22.5 Å². The van der Waals surface area contributed by atoms with Gasteiger partial charge in [-0.25, -0.2) is 4.98 Å². The molecule has 1 aromatic heterocycles. The van der Waals surface area contributed by atoms with E-state index in [2.05, 4.69) is 26.7 Å². The van der Waals surface area contributed by atoms with Crippen LogP contribution in [-0.4, -0.2) is 21.8 Å². The molecule has 2 amide bonds. The van der Waals surface area contributed by atoms with Crippen molar-refractivity contribution in [3.05, 3.63) is 94.3 Å². The van der Waals surface area contributed by atoms with Crippen molar-refractivity contribution in [1.29, 1.82) is 5.26 Å². The molecule has 4 rings (SSSR count). The van der Waals surface area contributed by atoms with Crippen LogP contribution in [0.25, 0.3) is 11.0 Å². The molecule has 0 fully saturated rings. The van der Waals surface area contributed by atoms with Crippen molar-refractivity contribution in [3.8, 4) is 6.07 Å². The third kappa shape index (κ3) is 5.45. The fourth-order valence-corrected chi connectivity index (χ4v) is 3.80. The van der Waals surface area contributed by atoms with E-state index in [1.165, 1.54) is 6.20 Å². The molecular formula is C27H22ClN5O2. The molecule has 0 bridgehead atoms. The molecule has 174 valence electrons. The van der Waals surface area contributed by atoms with Gasteiger partial charge in [0.05, 0.1) is 29.2 Å². The topological polar surface area (TPSA) is 108 Å². The summed E-state index contributed by atoms with van der Waals surface area (Å²) in [5.41, 5.74) is 4.78. The van der Waals surface area contributed by atoms with Crippen molar-refractivity contribution >= 4 is 45.8 Å². The molecule has 7 nitrogen and oxygen atoms in total. The maximum atomic E-state index is 12.9. The Labute approximate surface area is 207 Å². The number of aryl methyl sites for hydroxylation is 1. The zero-order valence-electron chi connectivity index (χ0n) is 19.2. The number of anilines is 2. The zero-order chi connectivity index (χ0) is 24.9. The first kappa shape index (κ1) is 23.9. The number of carbonyl (C=O) groups excluding carboxylic acids is 2. The molecule has 0 aliphatic heterocycles. The van der Waals surface area contributed by atoms with E-state index in [-0.39, 0.29) is 22.9 Å². The van der Waals surface area contributed by atoms with Crippen molar-refractivity contribution in [2.24, 2.45) is 0 Å². The molecule has 0 aliphatic rings. The average molecular weight is 484 g/mol. The van der Waals surface area contributed by atoms with Crippen molar-refractivity contribution in [2.45, 2.75) is 26.2 Å². The lowest BCUT2D eigenvalue weighted by molar-refractivity contribution is 0.101. The van der Waals surface area contributed by atoms with Crippen LogP contribution in [0, 0.1) is 18.3 Å². The van der Waals surface area contributed by atoms with E-state index in [9.17, 15) is 14.9 Å². The first-order chi connectivity index (χ1) is 16.9. The molecule has 1 heterocycles. The van der Waals surface area contributed by atoms with Crippen molar-refractivity contribution in [1.82, 2.24) is 9.97 Å². The standard InChI is InChI=1S/C27H22ClN5O2/c1-3-17(14-29)18-5-4-6-19(11-18)26(34)31-21-9-7-16(2)23(13-21)33-27(35)20-8-10-22-24(12-20)30-15-25(28)32-22/h4-13,15,17H,3H2,1-2H3,(H,31,34)(H,33,35). The minimum absolute atomic E-state index is 0.262. The van der Waals surface area contributed by atoms with Crippen LogP contribution in [-0.2, 0) is 0 Å². The van der Waals surface area contributed by atoms with E-state index in [4.69, 9.17) is 11.6 Å². The Morgan fingerprint density at radius 3 is 2.54 bits per heavy atom. The number of rotatable bonds is 6. The number of carbonyl (C=O) groups is 2. The Balaban J connectivity index is 1.52. The van der Waals surface area contributed by atoms with Gasteiger partial charge in [0.1, 0.15) is 5.15 Å². The largest absolute Gasteiger partial charge is 0.322 e. The van der Waals surface area contributed by atoms with Gasteiger partial charge in [-0.3, -0.25) is 14.6 Å². The third-order valence-electron chi connectivity index (χ3n) is 5.63. The highest BCUT2D eigenvalue weighted by molar-refractivity contribution is 6.29. The summed E-state index contributed by atoms with van der Waals surface area (Å²) in [5, 5.41) is 15.4. The number of hydrogen-bond acceptors (Lipinski definition) is 5. The molecule has 0 radical (unpaired) electrons. The van der Waals surface area contributed by atoms with Gasteiger partial charge in [0.2, 0.25) is 0 Å². The summed E-state index contributed by atoms with van der Waals surface area (Å²) in [6.07, 6.45) is 2.10. The van der Waals surface area contributed by atoms with Crippen LogP contribution in [0.15, 0.2) is 66.9 Å². The predicted molar refractivity (Wildman–Crippen MR) is 137 cm³/mol. The van der Waals surface area contributed by atoms with Crippen LogP contribution >= 0.6 is 11.6 Å². The Hall–Kier alpha value is -4.28. The summed E-state index contributed by atoms with van der Waals surface area (Å²) in [5.74, 6) is -0.875. The number of fused-ring (bicyclic) bond motifs is 1. The minimum atomic E-state index is -0.315. The van der Waals surface area contributed by atoms with Crippen LogP contribution in [0.2, 0.25) is 5.15 Å². The first-order valence-corrected chi connectivity index (χ1v) is 11.4. The Bertz CT molecular complexity index is 1480. The molecule has 0 saturated heterocycles. The molecule has 1 unspecified atom stereocenters. The van der Waals surface area contributed by atoms with Crippen molar-refractivity contribution < 1.29 is 9.59 Å². The zero-order valence-corrected chi connectivity index (χ0v) is 19.9. The molecule has 1 atom stereocenters. The van der Waals surface area contributed by atoms with E-state index < -0.39 is 0 Å². The maximum Gasteiger partial charge on any atom is 0.255 e. The van der Waals surface area contributed by atoms with Crippen LogP contribution in [0.3, 0.4) is 0 Å². The number of nitriles is 1. The molecule has 8 heteroatoms. The lowest BCUT2D eigenvalue weighted by Gasteiger charge is -2.13. The molecule has 0 aliphatic carbocycles. The number of nitrogens with one attached hydrogen (secondary N) is 2. The molecule has 35 heavy (non-hydrogen) atoms. The van der Waals surface area contributed by atoms with Crippen molar-refractivity contribution in [2.75, 3.05) is 10.6 Å². The lowest BCUT2D eigenvalue weighted by Crippen LogP contribution is -2.15. The predicted octanol–water partition coefficient (Wildman–Crippen LogP) is 6.11. The van der Waals surface area contributed by atoms with Crippen LogP contribution in [0.5, 0.6) is 0 Å². The number of hydrogen-bond donors (Lipinski definition) is 2. The molecule has 2 N–H and O–H groups in total. The fourth-order valence-electron chi connectivity index (χ4n) is 3.66. The van der Waals surface area contributed by atoms with E-state index in [0.717, 1.165) is 11.1 Å². The highest BCUT2D eigenvalue weighted by Crippen LogP contribution is 2.24. The summed E-state index contributed by atoms with van der Waals surface area (Å²) in [4.78, 5) is 34.1. The Kier molecular flexibility index (Phi) is 7.04. The van der Waals surface area contributed by atoms with Crippen LogP contribution < -0.4 is 10.6 Å². The van der Waals surface area contributed by atoms with Gasteiger partial charge in [-0.05, 0) is 66.9 Å². The SMILES string of the molecule is CCC(C#N)c1cccc(C(=O)Nc2ccc(C)c(NC(=O)c3ccc4nc(Cl)cnc4c3)c2)c1. The van der Waals surface area contributed by atoms with Gasteiger partial charge < -0.3 is 10.6 Å². The number of halogens is 1. The van der Waals surface area contributed by atoms with Gasteiger partial charge in [-0.1, -0.05) is 36.7 Å². The lowest BCUT2D eigenvalue weighted by atomic mass is 9.96. The van der Waals surface area contributed by atoms with Crippen molar-refractivity contribution in [3.63, 3.8) is 0 Å². The number of amides is 2. The van der Waals surface area contributed by atoms with Gasteiger partial charge in [0.25, 0.3) is 11.8 Å². The fraction of sp³-hybridized carbons (Fsp3) is 0.148. The Morgan fingerprint density at radius 1 is 1.00 bits per heavy atom. The summed E-state index contributed by atoms with van der Waals surface area (Å²) in [7, 11) is 0. The Morgan fingerprint density at radius 2 is 1.77 bits per heavy atom. The summed E-state index contributed by atoms with van der Waals surface area (Å²) < 4.78 is 0. The highest BCUT2D eigenvalue weighted by atomic mass is 35.5. The number of nitrogens with zero attached hydrogens (tertiary/aromatic N) is 3. The smallest absolute Gasteiger partial charge is 0.255 e. The third-order valence-corrected chi connectivity index (χ3v) is 5.82. The molecular weight excluding hydrogens is 462 g/mol. The van der Waals surface area contributed by atoms with E-state index >= 15 is 0 Å². The molecule has 0 spiro atoms. The summed E-state index contributed by atoms with van der Waals surface area (Å²) >= 11 is 5.87. The molecule has 0 saturated carbocycles. The monoisotopic (exact) mass is 483 g/mol. The van der Waals surface area contributed by atoms with Gasteiger partial charge >= 0.3 is 0 Å². The second-order valence-electron chi connectivity index (χ2n) is 8.05. The quantitative estimate of drug-likeness (QED) is 0.344. The summed E-state index contributed by atoms with van der Waals surface area (Å²) in [6.45, 7) is 3.80. The van der Waals surface area contributed by atoms with Crippen LogP contribution in [0.4, 0.5) is 11.4 Å². The second kappa shape index (κ2) is 10.3. The molecule has 3 aromatic carbocycles. The number of aromatic nitrogens is 2. The first-order valence-electron chi connectivity index (χ1n) is 11.0. The maximum absolute atomic E-state index is 12.9. The summed E-state index contributed by atoms with van der Waals surface area (Å²) in [6, 6.07) is 19.6. The van der Waals surface area contributed by atoms with E-state index in [1.807, 2.05) is 26.0 Å². The van der Waals surface area contributed by atoms with Gasteiger partial charge in [-0.2, -0.15) is 5.26 Å². The normalized spacial score (nSPS) is 11.5. The molecule has 4 aromatic rings. The average Bonchev–Trinajstić information content (AvgIpc) is 2.86. The number of benzene rings is 3. The van der Waals surface area contributed by atoms with E-state index in [1.54, 1.807) is 48.5 Å². The van der Waals surface area contributed by atoms with Gasteiger partial charge in [0.15, 0.2) is 0 Å². The minimum Gasteiger partial charge on any atom is -0.322 e. The van der Waals surface area contributed by atoms with Gasteiger partial charge in [-0.15, -0.1) is 0 Å². The van der Waals surface area contributed by atoms with Crippen LogP contribution in [0.1, 0.15) is 51.1 Å². The second-order valence-corrected chi connectivity index (χ2v) is 8.44. The highest BCUT2D eigenvalue weighted by Gasteiger charge is 2.14.